The molecule has 0 aliphatic carbocycles. The molecule has 1 aliphatic rings. The van der Waals surface area contributed by atoms with Crippen molar-refractivity contribution in [2.45, 2.75) is 13.5 Å². The van der Waals surface area contributed by atoms with Crippen LogP contribution in [0.1, 0.15) is 10.7 Å². The number of hydrogen-bond donors (Lipinski definition) is 0. The highest BCUT2D eigenvalue weighted by atomic mass is 32.1. The van der Waals surface area contributed by atoms with E-state index in [0.717, 1.165) is 15.7 Å². The molecular formula is C14H10FN5OS. The van der Waals surface area contributed by atoms with Gasteiger partial charge in [-0.1, -0.05) is 0 Å². The van der Waals surface area contributed by atoms with Crippen LogP contribution in [0.2, 0.25) is 0 Å². The fourth-order valence-electron chi connectivity index (χ4n) is 2.36. The first-order chi connectivity index (χ1) is 10.6. The van der Waals surface area contributed by atoms with E-state index in [9.17, 15) is 9.18 Å². The summed E-state index contributed by atoms with van der Waals surface area (Å²) in [7, 11) is 0. The molecule has 0 spiro atoms. The number of pyridine rings is 1. The maximum atomic E-state index is 12.9. The molecule has 3 aromatic heterocycles. The lowest BCUT2D eigenvalue weighted by Crippen LogP contribution is -2.25. The molecule has 0 N–H and O–H groups in total. The maximum Gasteiger partial charge on any atom is 0.350 e. The first-order valence-electron chi connectivity index (χ1n) is 6.57. The first-order valence-corrected chi connectivity index (χ1v) is 7.38. The van der Waals surface area contributed by atoms with Crippen LogP contribution in [0, 0.1) is 12.9 Å². The van der Waals surface area contributed by atoms with Gasteiger partial charge in [-0.05, 0) is 25.1 Å². The Kier molecular flexibility index (Phi) is 2.80. The second-order valence-electron chi connectivity index (χ2n) is 4.89. The van der Waals surface area contributed by atoms with Crippen LogP contribution in [0.25, 0.3) is 11.3 Å². The summed E-state index contributed by atoms with van der Waals surface area (Å²) in [5.41, 5.74) is 2.07. The van der Waals surface area contributed by atoms with Gasteiger partial charge in [0.2, 0.25) is 5.95 Å². The minimum absolute atomic E-state index is 0.208. The van der Waals surface area contributed by atoms with Crippen LogP contribution >= 0.6 is 11.3 Å². The van der Waals surface area contributed by atoms with E-state index >= 15 is 0 Å². The van der Waals surface area contributed by atoms with Gasteiger partial charge in [-0.25, -0.2) is 14.8 Å². The molecule has 0 bridgehead atoms. The predicted molar refractivity (Wildman–Crippen MR) is 79.2 cm³/mol. The molecule has 0 atom stereocenters. The van der Waals surface area contributed by atoms with Gasteiger partial charge in [0.05, 0.1) is 29.1 Å². The third-order valence-corrected chi connectivity index (χ3v) is 4.35. The smallest absolute Gasteiger partial charge is 0.276 e. The van der Waals surface area contributed by atoms with Gasteiger partial charge in [0.15, 0.2) is 0 Å². The number of carbonyl (C=O) groups is 1. The van der Waals surface area contributed by atoms with Gasteiger partial charge >= 0.3 is 6.03 Å². The minimum Gasteiger partial charge on any atom is -0.276 e. The number of carbonyl (C=O) groups excluding carboxylic acids is 1. The van der Waals surface area contributed by atoms with E-state index in [0.29, 0.717) is 17.8 Å². The molecule has 0 aromatic carbocycles. The van der Waals surface area contributed by atoms with E-state index < -0.39 is 5.95 Å². The minimum atomic E-state index is -0.543. The van der Waals surface area contributed by atoms with Crippen LogP contribution in [-0.4, -0.2) is 25.8 Å². The quantitative estimate of drug-likeness (QED) is 0.682. The monoisotopic (exact) mass is 315 g/mol. The van der Waals surface area contributed by atoms with E-state index in [-0.39, 0.29) is 6.03 Å². The Labute approximate surface area is 128 Å². The third kappa shape index (κ3) is 2.00. The summed E-state index contributed by atoms with van der Waals surface area (Å²) in [5.74, 6) is -0.543. The summed E-state index contributed by atoms with van der Waals surface area (Å²) < 4.78 is 14.2. The van der Waals surface area contributed by atoms with Crippen molar-refractivity contribution in [2.24, 2.45) is 0 Å². The van der Waals surface area contributed by atoms with Gasteiger partial charge in [0.25, 0.3) is 0 Å². The fraction of sp³-hybridized carbons (Fsp3) is 0.143. The molecule has 1 amide bonds. The zero-order valence-corrected chi connectivity index (χ0v) is 12.3. The highest BCUT2D eigenvalue weighted by molar-refractivity contribution is 7.15. The molecule has 0 radical (unpaired) electrons. The van der Waals surface area contributed by atoms with Gasteiger partial charge in [0, 0.05) is 11.8 Å². The second-order valence-corrected chi connectivity index (χ2v) is 6.10. The number of amides is 1. The van der Waals surface area contributed by atoms with E-state index in [1.165, 1.54) is 28.3 Å². The van der Waals surface area contributed by atoms with Crippen LogP contribution in [0.3, 0.4) is 0 Å². The lowest BCUT2D eigenvalue weighted by molar-refractivity contribution is 0.248. The van der Waals surface area contributed by atoms with E-state index in [4.69, 9.17) is 0 Å². The number of aryl methyl sites for hydroxylation is 1. The van der Waals surface area contributed by atoms with Gasteiger partial charge < -0.3 is 0 Å². The zero-order valence-electron chi connectivity index (χ0n) is 11.5. The topological polar surface area (TPSA) is 63.9 Å². The summed E-state index contributed by atoms with van der Waals surface area (Å²) in [4.78, 5) is 21.8. The Morgan fingerprint density at radius 2 is 2.14 bits per heavy atom. The molecule has 0 saturated carbocycles. The Balaban J connectivity index is 1.66. The summed E-state index contributed by atoms with van der Waals surface area (Å²) >= 11 is 1.47. The molecule has 0 fully saturated rings. The molecule has 4 heterocycles. The molecule has 110 valence electrons. The number of hydrogen-bond acceptors (Lipinski definition) is 5. The van der Waals surface area contributed by atoms with E-state index in [1.54, 1.807) is 17.2 Å². The molecule has 0 unspecified atom stereocenters. The number of halogens is 1. The molecule has 1 aliphatic heterocycles. The Hall–Kier alpha value is -2.61. The molecule has 6 nitrogen and oxygen atoms in total. The lowest BCUT2D eigenvalue weighted by Gasteiger charge is -2.10. The highest BCUT2D eigenvalue weighted by Crippen LogP contribution is 2.30. The van der Waals surface area contributed by atoms with E-state index in [2.05, 4.69) is 15.1 Å². The van der Waals surface area contributed by atoms with Gasteiger partial charge in [-0.2, -0.15) is 14.2 Å². The van der Waals surface area contributed by atoms with E-state index in [1.807, 2.05) is 13.0 Å². The van der Waals surface area contributed by atoms with Crippen LogP contribution in [0.15, 0.2) is 30.6 Å². The third-order valence-electron chi connectivity index (χ3n) is 3.41. The summed E-state index contributed by atoms with van der Waals surface area (Å²) in [5, 5.41) is 6.01. The number of nitrogens with zero attached hydrogens (tertiary/aromatic N) is 5. The van der Waals surface area contributed by atoms with Crippen LogP contribution in [0.5, 0.6) is 0 Å². The first kappa shape index (κ1) is 13.1. The standard InChI is InChI=1S/C14H10FN5OS/c1-8-16-6-13(22-8)19-7-10-4-11(18-20(10)14(19)21)9-2-3-12(15)17-5-9/h2-6H,7H2,1H3. The van der Waals surface area contributed by atoms with Gasteiger partial charge in [0.1, 0.15) is 5.00 Å². The molecule has 8 heteroatoms. The Bertz CT molecular complexity index is 870. The van der Waals surface area contributed by atoms with Crippen LogP contribution in [0.4, 0.5) is 14.2 Å². The van der Waals surface area contributed by atoms with Crippen molar-refractivity contribution in [1.82, 2.24) is 19.7 Å². The molecular weight excluding hydrogens is 305 g/mol. The molecule has 22 heavy (non-hydrogen) atoms. The Morgan fingerprint density at radius 3 is 2.77 bits per heavy atom. The number of fused-ring (bicyclic) bond motifs is 1. The maximum absolute atomic E-state index is 12.9. The Morgan fingerprint density at radius 1 is 1.27 bits per heavy atom. The van der Waals surface area contributed by atoms with Crippen molar-refractivity contribution in [3.05, 3.63) is 47.2 Å². The predicted octanol–water partition coefficient (Wildman–Crippen LogP) is 2.84. The molecule has 3 aromatic rings. The van der Waals surface area contributed by atoms with Crippen molar-refractivity contribution < 1.29 is 9.18 Å². The van der Waals surface area contributed by atoms with Crippen molar-refractivity contribution >= 4 is 22.4 Å². The summed E-state index contributed by atoms with van der Waals surface area (Å²) in [6, 6.07) is 4.48. The van der Waals surface area contributed by atoms with Gasteiger partial charge in [-0.15, -0.1) is 11.3 Å². The number of rotatable bonds is 2. The summed E-state index contributed by atoms with van der Waals surface area (Å²) in [6.07, 6.45) is 3.09. The van der Waals surface area contributed by atoms with Crippen LogP contribution < -0.4 is 4.90 Å². The normalized spacial score (nSPS) is 13.7. The molecule has 0 saturated heterocycles. The van der Waals surface area contributed by atoms with Crippen molar-refractivity contribution in [3.8, 4) is 11.3 Å². The van der Waals surface area contributed by atoms with Gasteiger partial charge in [-0.3, -0.25) is 4.90 Å². The average molecular weight is 315 g/mol. The highest BCUT2D eigenvalue weighted by Gasteiger charge is 2.31. The zero-order chi connectivity index (χ0) is 15.3. The SMILES string of the molecule is Cc1ncc(N2Cc3cc(-c4ccc(F)nc4)nn3C2=O)s1. The van der Waals surface area contributed by atoms with Crippen molar-refractivity contribution in [2.75, 3.05) is 4.90 Å². The number of aromatic nitrogens is 4. The average Bonchev–Trinajstić information content (AvgIpc) is 3.17. The van der Waals surface area contributed by atoms with Crippen molar-refractivity contribution in [3.63, 3.8) is 0 Å². The number of anilines is 1. The summed E-state index contributed by atoms with van der Waals surface area (Å²) in [6.45, 7) is 2.34. The fourth-order valence-corrected chi connectivity index (χ4v) is 3.12. The number of thiazole rings is 1. The second kappa shape index (κ2) is 4.70. The molecule has 4 rings (SSSR count). The lowest BCUT2D eigenvalue weighted by atomic mass is 10.2. The van der Waals surface area contributed by atoms with Crippen LogP contribution in [-0.2, 0) is 6.54 Å². The largest absolute Gasteiger partial charge is 0.350 e. The van der Waals surface area contributed by atoms with Crippen molar-refractivity contribution in [1.29, 1.82) is 0 Å².